The van der Waals surface area contributed by atoms with Crippen molar-refractivity contribution in [3.63, 3.8) is 0 Å². The number of carbonyl (C=O) groups excluding carboxylic acids is 4. The highest BCUT2D eigenvalue weighted by atomic mass is 19.2. The van der Waals surface area contributed by atoms with Crippen LogP contribution in [-0.2, 0) is 14.3 Å². The van der Waals surface area contributed by atoms with E-state index in [1.165, 1.54) is 12.1 Å². The Bertz CT molecular complexity index is 1010. The lowest BCUT2D eigenvalue weighted by molar-refractivity contribution is -0.153. The highest BCUT2D eigenvalue weighted by molar-refractivity contribution is 6.22. The van der Waals surface area contributed by atoms with Gasteiger partial charge in [-0.25, -0.2) is 13.2 Å². The molecule has 0 unspecified atom stereocenters. The third-order valence-corrected chi connectivity index (χ3v) is 4.14. The first kappa shape index (κ1) is 20.1. The van der Waals surface area contributed by atoms with Gasteiger partial charge in [0.1, 0.15) is 6.54 Å². The molecule has 1 heterocycles. The highest BCUT2D eigenvalue weighted by Gasteiger charge is 2.37. The number of hydrogen-bond donors (Lipinski definition) is 1. The fourth-order valence-corrected chi connectivity index (χ4v) is 2.66. The fourth-order valence-electron chi connectivity index (χ4n) is 2.66. The van der Waals surface area contributed by atoms with Crippen LogP contribution in [0.15, 0.2) is 36.4 Å². The van der Waals surface area contributed by atoms with E-state index in [1.807, 2.05) is 5.32 Å². The number of nitrogens with zero attached hydrogens (tertiary/aromatic N) is 1. The zero-order valence-electron chi connectivity index (χ0n) is 14.9. The molecule has 29 heavy (non-hydrogen) atoms. The summed E-state index contributed by atoms with van der Waals surface area (Å²) in [5, 5.41) is 1.96. The van der Waals surface area contributed by atoms with E-state index in [4.69, 9.17) is 4.74 Å². The average molecular weight is 406 g/mol. The molecular formula is C19H13F3N2O5. The number of imide groups is 1. The van der Waals surface area contributed by atoms with Crippen molar-refractivity contribution < 1.29 is 37.1 Å². The van der Waals surface area contributed by atoms with Gasteiger partial charge in [-0.2, -0.15) is 0 Å². The first-order valence-corrected chi connectivity index (χ1v) is 8.29. The minimum Gasteiger partial charge on any atom is -0.451 e. The lowest BCUT2D eigenvalue weighted by Crippen LogP contribution is -2.38. The number of esters is 1. The molecule has 3 rings (SSSR count). The number of nitrogens with one attached hydrogen (secondary N) is 1. The van der Waals surface area contributed by atoms with Crippen LogP contribution in [0.2, 0.25) is 0 Å². The van der Waals surface area contributed by atoms with E-state index in [9.17, 15) is 32.3 Å². The SMILES string of the molecule is C[C@H](OC(=O)CN1C(=O)c2ccccc2C1=O)C(=O)Nc1ccc(F)c(F)c1F. The number of halogens is 3. The van der Waals surface area contributed by atoms with E-state index in [0.717, 1.165) is 13.0 Å². The fraction of sp³-hybridized carbons (Fsp3) is 0.158. The van der Waals surface area contributed by atoms with Gasteiger partial charge < -0.3 is 10.1 Å². The number of ether oxygens (including phenoxy) is 1. The van der Waals surface area contributed by atoms with E-state index < -0.39 is 59.5 Å². The Morgan fingerprint density at radius 2 is 1.59 bits per heavy atom. The minimum absolute atomic E-state index is 0.143. The Balaban J connectivity index is 1.61. The van der Waals surface area contributed by atoms with Crippen molar-refractivity contribution in [1.29, 1.82) is 0 Å². The molecule has 1 atom stereocenters. The molecule has 10 heteroatoms. The molecule has 0 bridgehead atoms. The molecule has 3 amide bonds. The Labute approximate surface area is 162 Å². The van der Waals surface area contributed by atoms with Crippen LogP contribution in [0, 0.1) is 17.5 Å². The zero-order chi connectivity index (χ0) is 21.3. The van der Waals surface area contributed by atoms with Crippen LogP contribution in [-0.4, -0.2) is 41.2 Å². The van der Waals surface area contributed by atoms with E-state index >= 15 is 0 Å². The van der Waals surface area contributed by atoms with Gasteiger partial charge in [-0.3, -0.25) is 24.1 Å². The number of fused-ring (bicyclic) bond motifs is 1. The number of anilines is 1. The van der Waals surface area contributed by atoms with Gasteiger partial charge in [-0.15, -0.1) is 0 Å². The Morgan fingerprint density at radius 1 is 1.00 bits per heavy atom. The van der Waals surface area contributed by atoms with Gasteiger partial charge in [0.25, 0.3) is 17.7 Å². The molecule has 0 fully saturated rings. The third-order valence-electron chi connectivity index (χ3n) is 4.14. The van der Waals surface area contributed by atoms with Crippen molar-refractivity contribution in [2.45, 2.75) is 13.0 Å². The lowest BCUT2D eigenvalue weighted by atomic mass is 10.1. The molecular weight excluding hydrogens is 393 g/mol. The molecule has 150 valence electrons. The van der Waals surface area contributed by atoms with Crippen molar-refractivity contribution in [3.8, 4) is 0 Å². The summed E-state index contributed by atoms with van der Waals surface area (Å²) in [6.45, 7) is 0.414. The normalized spacial score (nSPS) is 13.9. The monoisotopic (exact) mass is 406 g/mol. The summed E-state index contributed by atoms with van der Waals surface area (Å²) >= 11 is 0. The number of carbonyl (C=O) groups is 4. The Hall–Kier alpha value is -3.69. The lowest BCUT2D eigenvalue weighted by Gasteiger charge is -2.17. The smallest absolute Gasteiger partial charge is 0.326 e. The maximum absolute atomic E-state index is 13.6. The number of benzene rings is 2. The summed E-state index contributed by atoms with van der Waals surface area (Å²) in [6.07, 6.45) is -1.47. The molecule has 0 aromatic heterocycles. The quantitative estimate of drug-likeness (QED) is 0.467. The van der Waals surface area contributed by atoms with Crippen LogP contribution >= 0.6 is 0 Å². The van der Waals surface area contributed by atoms with Crippen molar-refractivity contribution in [2.75, 3.05) is 11.9 Å². The predicted molar refractivity (Wildman–Crippen MR) is 92.3 cm³/mol. The minimum atomic E-state index is -1.77. The number of amides is 3. The highest BCUT2D eigenvalue weighted by Crippen LogP contribution is 2.22. The second kappa shape index (κ2) is 7.74. The van der Waals surface area contributed by atoms with Gasteiger partial charge >= 0.3 is 5.97 Å². The maximum Gasteiger partial charge on any atom is 0.326 e. The van der Waals surface area contributed by atoms with E-state index in [1.54, 1.807) is 12.1 Å². The van der Waals surface area contributed by atoms with E-state index in [0.29, 0.717) is 11.0 Å². The molecule has 2 aromatic carbocycles. The van der Waals surface area contributed by atoms with Crippen LogP contribution in [0.25, 0.3) is 0 Å². The van der Waals surface area contributed by atoms with Crippen molar-refractivity contribution in [1.82, 2.24) is 4.90 Å². The van der Waals surface area contributed by atoms with Crippen LogP contribution in [0.4, 0.5) is 18.9 Å². The van der Waals surface area contributed by atoms with Crippen molar-refractivity contribution in [2.24, 2.45) is 0 Å². The summed E-state index contributed by atoms with van der Waals surface area (Å²) in [5.74, 6) is -8.24. The van der Waals surface area contributed by atoms with Gasteiger partial charge in [0.05, 0.1) is 16.8 Å². The zero-order valence-corrected chi connectivity index (χ0v) is 14.9. The topological polar surface area (TPSA) is 92.8 Å². The van der Waals surface area contributed by atoms with Crippen molar-refractivity contribution >= 4 is 29.4 Å². The summed E-state index contributed by atoms with van der Waals surface area (Å²) in [5.41, 5.74) is -0.355. The van der Waals surface area contributed by atoms with Gasteiger partial charge in [-0.05, 0) is 31.2 Å². The number of hydrogen-bond acceptors (Lipinski definition) is 5. The van der Waals surface area contributed by atoms with Gasteiger partial charge in [-0.1, -0.05) is 12.1 Å². The largest absolute Gasteiger partial charge is 0.451 e. The van der Waals surface area contributed by atoms with E-state index in [-0.39, 0.29) is 11.1 Å². The third kappa shape index (κ3) is 3.82. The van der Waals surface area contributed by atoms with Crippen molar-refractivity contribution in [3.05, 3.63) is 65.0 Å². The Morgan fingerprint density at radius 3 is 2.17 bits per heavy atom. The van der Waals surface area contributed by atoms with Crippen LogP contribution in [0.1, 0.15) is 27.6 Å². The molecule has 1 N–H and O–H groups in total. The first-order chi connectivity index (χ1) is 13.7. The predicted octanol–water partition coefficient (Wildman–Crippen LogP) is 2.27. The maximum atomic E-state index is 13.6. The standard InChI is InChI=1S/C19H13F3N2O5/c1-9(17(26)23-13-7-6-12(20)15(21)16(13)22)29-14(25)8-24-18(27)10-4-2-3-5-11(10)19(24)28/h2-7,9H,8H2,1H3,(H,23,26)/t9-/m0/s1. The molecule has 1 aliphatic heterocycles. The molecule has 0 spiro atoms. The molecule has 2 aromatic rings. The Kier molecular flexibility index (Phi) is 5.35. The molecule has 0 saturated heterocycles. The van der Waals surface area contributed by atoms with E-state index in [2.05, 4.69) is 0 Å². The summed E-state index contributed by atoms with van der Waals surface area (Å²) in [7, 11) is 0. The van der Waals surface area contributed by atoms with Gasteiger partial charge in [0.2, 0.25) is 0 Å². The molecule has 0 radical (unpaired) electrons. The average Bonchev–Trinajstić information content (AvgIpc) is 2.93. The summed E-state index contributed by atoms with van der Waals surface area (Å²) in [6, 6.07) is 7.43. The number of rotatable bonds is 5. The van der Waals surface area contributed by atoms with Gasteiger partial charge in [0.15, 0.2) is 23.6 Å². The van der Waals surface area contributed by atoms with Crippen LogP contribution in [0.3, 0.4) is 0 Å². The van der Waals surface area contributed by atoms with Gasteiger partial charge in [0, 0.05) is 0 Å². The second-order valence-corrected chi connectivity index (χ2v) is 6.09. The molecule has 7 nitrogen and oxygen atoms in total. The molecule has 0 saturated carbocycles. The first-order valence-electron chi connectivity index (χ1n) is 8.29. The van der Waals surface area contributed by atoms with Crippen LogP contribution < -0.4 is 5.32 Å². The molecule has 0 aliphatic carbocycles. The van der Waals surface area contributed by atoms with Crippen LogP contribution in [0.5, 0.6) is 0 Å². The second-order valence-electron chi connectivity index (χ2n) is 6.09. The molecule has 1 aliphatic rings. The summed E-state index contributed by atoms with van der Waals surface area (Å²) < 4.78 is 44.6. The summed E-state index contributed by atoms with van der Waals surface area (Å²) in [4.78, 5) is 49.2.